The topological polar surface area (TPSA) is 99.1 Å². The van der Waals surface area contributed by atoms with Crippen LogP contribution < -0.4 is 0 Å². The first-order valence-corrected chi connectivity index (χ1v) is 12.5. The number of esters is 3. The monoisotopic (exact) mass is 458 g/mol. The average molecular weight is 459 g/mol. The fourth-order valence-electron chi connectivity index (χ4n) is 3.17. The van der Waals surface area contributed by atoms with Gasteiger partial charge in [-0.15, -0.1) is 0 Å². The van der Waals surface area contributed by atoms with E-state index in [0.717, 1.165) is 64.2 Å². The predicted molar refractivity (Wildman–Crippen MR) is 124 cm³/mol. The number of hydrogen-bond acceptors (Lipinski definition) is 7. The third-order valence-corrected chi connectivity index (χ3v) is 5.56. The quantitative estimate of drug-likeness (QED) is 0.156. The van der Waals surface area contributed by atoms with Crippen LogP contribution in [0.2, 0.25) is 0 Å². The van der Waals surface area contributed by atoms with E-state index in [1.54, 1.807) is 13.8 Å². The summed E-state index contributed by atoms with van der Waals surface area (Å²) in [7, 11) is 0. The number of rotatable bonds is 20. The minimum absolute atomic E-state index is 0.134. The smallest absolute Gasteiger partial charge is 0.310 e. The number of unbranched alkanes of at least 4 members (excludes halogenated alkanes) is 8. The molecule has 3 unspecified atom stereocenters. The molecule has 0 heterocycles. The average Bonchev–Trinajstić information content (AvgIpc) is 2.79. The van der Waals surface area contributed by atoms with Crippen molar-refractivity contribution >= 4 is 17.9 Å². The van der Waals surface area contributed by atoms with Gasteiger partial charge in [0.15, 0.2) is 0 Å². The molecule has 0 radical (unpaired) electrons. The fraction of sp³-hybridized carbons (Fsp3) is 0.880. The number of carbonyl (C=O) groups excluding carboxylic acids is 3. The van der Waals surface area contributed by atoms with Crippen LogP contribution in [0.4, 0.5) is 0 Å². The van der Waals surface area contributed by atoms with E-state index in [0.29, 0.717) is 13.0 Å². The molecule has 0 saturated carbocycles. The lowest BCUT2D eigenvalue weighted by atomic mass is 9.91. The van der Waals surface area contributed by atoms with E-state index in [9.17, 15) is 19.5 Å². The van der Waals surface area contributed by atoms with Crippen molar-refractivity contribution in [2.24, 2.45) is 11.8 Å². The van der Waals surface area contributed by atoms with E-state index in [1.165, 1.54) is 0 Å². The number of aliphatic hydroxyl groups excluding tert-OH is 1. The van der Waals surface area contributed by atoms with Crippen LogP contribution in [0.5, 0.6) is 0 Å². The molecule has 0 aliphatic heterocycles. The highest BCUT2D eigenvalue weighted by atomic mass is 16.5. The lowest BCUT2D eigenvalue weighted by Gasteiger charge is -2.21. The van der Waals surface area contributed by atoms with Crippen LogP contribution in [0.1, 0.15) is 105 Å². The van der Waals surface area contributed by atoms with Gasteiger partial charge >= 0.3 is 17.9 Å². The van der Waals surface area contributed by atoms with E-state index < -0.39 is 35.8 Å². The summed E-state index contributed by atoms with van der Waals surface area (Å²) in [6, 6.07) is 0. The zero-order valence-corrected chi connectivity index (χ0v) is 20.7. The first kappa shape index (κ1) is 30.4. The van der Waals surface area contributed by atoms with Crippen molar-refractivity contribution in [1.29, 1.82) is 0 Å². The Balaban J connectivity index is 4.74. The third-order valence-electron chi connectivity index (χ3n) is 5.56. The van der Waals surface area contributed by atoms with Crippen molar-refractivity contribution < 1.29 is 33.7 Å². The molecule has 0 aromatic rings. The van der Waals surface area contributed by atoms with Crippen molar-refractivity contribution in [3.63, 3.8) is 0 Å². The lowest BCUT2D eigenvalue weighted by Crippen LogP contribution is -2.33. The number of carbonyl (C=O) groups is 3. The summed E-state index contributed by atoms with van der Waals surface area (Å²) >= 11 is 0. The van der Waals surface area contributed by atoms with Gasteiger partial charge in [0.1, 0.15) is 6.61 Å². The van der Waals surface area contributed by atoms with Gasteiger partial charge in [-0.2, -0.15) is 0 Å². The zero-order chi connectivity index (χ0) is 24.2. The second-order valence-electron chi connectivity index (χ2n) is 8.51. The highest BCUT2D eigenvalue weighted by Gasteiger charge is 2.35. The molecule has 0 bridgehead atoms. The van der Waals surface area contributed by atoms with Crippen molar-refractivity contribution in [2.75, 3.05) is 19.8 Å². The van der Waals surface area contributed by atoms with Gasteiger partial charge < -0.3 is 19.3 Å². The summed E-state index contributed by atoms with van der Waals surface area (Å²) in [6.07, 6.45) is 9.70. The Hall–Kier alpha value is -1.63. The van der Waals surface area contributed by atoms with Crippen molar-refractivity contribution in [2.45, 2.75) is 111 Å². The molecule has 7 nitrogen and oxygen atoms in total. The largest absolute Gasteiger partial charge is 0.465 e. The van der Waals surface area contributed by atoms with Gasteiger partial charge in [-0.3, -0.25) is 14.4 Å². The van der Waals surface area contributed by atoms with Crippen molar-refractivity contribution in [1.82, 2.24) is 0 Å². The summed E-state index contributed by atoms with van der Waals surface area (Å²) in [5.41, 5.74) is 0. The van der Waals surface area contributed by atoms with E-state index in [1.807, 2.05) is 0 Å². The Labute approximate surface area is 194 Å². The molecule has 0 spiro atoms. The molecule has 3 atom stereocenters. The van der Waals surface area contributed by atoms with Gasteiger partial charge in [0, 0.05) is 0 Å². The summed E-state index contributed by atoms with van der Waals surface area (Å²) in [6.45, 7) is 8.07. The van der Waals surface area contributed by atoms with E-state index in [-0.39, 0.29) is 19.6 Å². The number of ether oxygens (including phenoxy) is 3. The Morgan fingerprint density at radius 1 is 0.719 bits per heavy atom. The molecule has 0 amide bonds. The van der Waals surface area contributed by atoms with Crippen LogP contribution in [0, 0.1) is 11.8 Å². The predicted octanol–water partition coefficient (Wildman–Crippen LogP) is 4.97. The minimum atomic E-state index is -0.968. The van der Waals surface area contributed by atoms with Crippen LogP contribution in [-0.4, -0.2) is 48.9 Å². The molecule has 188 valence electrons. The molecule has 0 fully saturated rings. The van der Waals surface area contributed by atoms with Crippen LogP contribution in [-0.2, 0) is 28.6 Å². The Morgan fingerprint density at radius 3 is 1.72 bits per heavy atom. The van der Waals surface area contributed by atoms with Crippen molar-refractivity contribution in [3.05, 3.63) is 0 Å². The number of hydrogen-bond donors (Lipinski definition) is 1. The normalized spacial score (nSPS) is 13.8. The van der Waals surface area contributed by atoms with Crippen molar-refractivity contribution in [3.8, 4) is 0 Å². The van der Waals surface area contributed by atoms with Gasteiger partial charge in [0.25, 0.3) is 0 Å². The summed E-state index contributed by atoms with van der Waals surface area (Å²) in [5.74, 6) is -3.51. The lowest BCUT2D eigenvalue weighted by molar-refractivity contribution is -0.164. The molecule has 7 heteroatoms. The maximum atomic E-state index is 12.7. The Bertz CT molecular complexity index is 507. The van der Waals surface area contributed by atoms with Crippen LogP contribution in [0.15, 0.2) is 0 Å². The van der Waals surface area contributed by atoms with E-state index in [2.05, 4.69) is 13.8 Å². The van der Waals surface area contributed by atoms with Gasteiger partial charge in [0.2, 0.25) is 0 Å². The summed E-state index contributed by atoms with van der Waals surface area (Å²) < 4.78 is 15.8. The first-order chi connectivity index (χ1) is 15.4. The second-order valence-corrected chi connectivity index (χ2v) is 8.51. The summed E-state index contributed by atoms with van der Waals surface area (Å²) in [4.78, 5) is 37.4. The zero-order valence-electron chi connectivity index (χ0n) is 20.7. The first-order valence-electron chi connectivity index (χ1n) is 12.5. The van der Waals surface area contributed by atoms with E-state index >= 15 is 0 Å². The SMILES string of the molecule is CCCCCCCOC(=O)C(C)C(CC(=O)OCC(O)CC)C(=O)OCCCCCCC. The molecule has 0 saturated heterocycles. The number of aliphatic hydroxyl groups is 1. The molecule has 0 aromatic carbocycles. The third kappa shape index (κ3) is 15.2. The highest BCUT2D eigenvalue weighted by Crippen LogP contribution is 2.21. The maximum absolute atomic E-state index is 12.7. The Kier molecular flexibility index (Phi) is 19.0. The van der Waals surface area contributed by atoms with Gasteiger partial charge in [-0.1, -0.05) is 79.1 Å². The molecule has 1 N–H and O–H groups in total. The molecule has 0 aliphatic rings. The highest BCUT2D eigenvalue weighted by molar-refractivity contribution is 5.85. The maximum Gasteiger partial charge on any atom is 0.310 e. The fourth-order valence-corrected chi connectivity index (χ4v) is 3.17. The minimum Gasteiger partial charge on any atom is -0.465 e. The molecular formula is C25H46O7. The van der Waals surface area contributed by atoms with Crippen LogP contribution >= 0.6 is 0 Å². The van der Waals surface area contributed by atoms with Gasteiger partial charge in [-0.05, 0) is 19.3 Å². The van der Waals surface area contributed by atoms with Gasteiger partial charge in [-0.25, -0.2) is 0 Å². The van der Waals surface area contributed by atoms with E-state index in [4.69, 9.17) is 14.2 Å². The molecule has 0 aliphatic carbocycles. The molecule has 32 heavy (non-hydrogen) atoms. The molecular weight excluding hydrogens is 412 g/mol. The van der Waals surface area contributed by atoms with Gasteiger partial charge in [0.05, 0.1) is 37.6 Å². The molecule has 0 aromatic heterocycles. The standard InChI is InChI=1S/C25H46O7/c1-5-8-10-12-14-16-30-24(28)20(4)22(18-23(27)32-19-21(26)7-3)25(29)31-17-15-13-11-9-6-2/h20-22,26H,5-19H2,1-4H3. The van der Waals surface area contributed by atoms with Crippen LogP contribution in [0.25, 0.3) is 0 Å². The molecule has 0 rings (SSSR count). The van der Waals surface area contributed by atoms with Crippen LogP contribution in [0.3, 0.4) is 0 Å². The Morgan fingerprint density at radius 2 is 1.22 bits per heavy atom. The second kappa shape index (κ2) is 20.0. The summed E-state index contributed by atoms with van der Waals surface area (Å²) in [5, 5.41) is 9.58.